The number of rotatable bonds is 1. The maximum absolute atomic E-state index is 5.84. The summed E-state index contributed by atoms with van der Waals surface area (Å²) in [6.45, 7) is 0. The van der Waals surface area contributed by atoms with E-state index in [2.05, 4.69) is 0 Å². The molecule has 1 aromatic rings. The number of hydrogen-bond acceptors (Lipinski definition) is 2. The molecule has 0 unspecified atom stereocenters. The van der Waals surface area contributed by atoms with E-state index >= 15 is 0 Å². The molecule has 0 aliphatic heterocycles. The van der Waals surface area contributed by atoms with Gasteiger partial charge in [-0.3, -0.25) is 0 Å². The Labute approximate surface area is 93.1 Å². The summed E-state index contributed by atoms with van der Waals surface area (Å²) < 4.78 is 0.835. The number of hydrogen-bond donors (Lipinski definition) is 0. The Morgan fingerprint density at radius 2 is 2.15 bits per heavy atom. The molecule has 4 heteroatoms. The van der Waals surface area contributed by atoms with Gasteiger partial charge in [-0.1, -0.05) is 41.6 Å². The highest BCUT2D eigenvalue weighted by Crippen LogP contribution is 2.23. The van der Waals surface area contributed by atoms with Crippen LogP contribution in [0, 0.1) is 0 Å². The lowest BCUT2D eigenvalue weighted by Gasteiger charge is -2.12. The van der Waals surface area contributed by atoms with Gasteiger partial charge < -0.3 is 4.90 Å². The first-order chi connectivity index (χ1) is 6.09. The van der Waals surface area contributed by atoms with Crippen LogP contribution in [0.4, 0.5) is 0 Å². The molecule has 0 aliphatic rings. The zero-order valence-electron chi connectivity index (χ0n) is 7.45. The standard InChI is InChI=1S/C9H10ClNS2/c1-11(2)9(12)13-8-5-3-4-7(10)6-8/h3-6H,1-2H3. The van der Waals surface area contributed by atoms with Crippen LogP contribution < -0.4 is 0 Å². The molecule has 13 heavy (non-hydrogen) atoms. The minimum absolute atomic E-state index is 0.742. The zero-order valence-corrected chi connectivity index (χ0v) is 9.84. The summed E-state index contributed by atoms with van der Waals surface area (Å²) >= 11 is 12.5. The van der Waals surface area contributed by atoms with Gasteiger partial charge >= 0.3 is 0 Å². The van der Waals surface area contributed by atoms with Gasteiger partial charge in [-0.15, -0.1) is 0 Å². The Morgan fingerprint density at radius 1 is 1.46 bits per heavy atom. The Balaban J connectivity index is 2.69. The van der Waals surface area contributed by atoms with E-state index in [4.69, 9.17) is 23.8 Å². The van der Waals surface area contributed by atoms with Crippen LogP contribution in [0.1, 0.15) is 0 Å². The Hall–Kier alpha value is -0.250. The molecular weight excluding hydrogens is 222 g/mol. The molecule has 0 heterocycles. The van der Waals surface area contributed by atoms with Crippen molar-refractivity contribution in [2.75, 3.05) is 14.1 Å². The number of benzene rings is 1. The second kappa shape index (κ2) is 4.84. The molecular formula is C9H10ClNS2. The van der Waals surface area contributed by atoms with Crippen LogP contribution in [0.25, 0.3) is 0 Å². The molecule has 1 nitrogen and oxygen atoms in total. The van der Waals surface area contributed by atoms with Crippen LogP contribution in [0.15, 0.2) is 29.2 Å². The van der Waals surface area contributed by atoms with E-state index < -0.39 is 0 Å². The van der Waals surface area contributed by atoms with Crippen molar-refractivity contribution in [3.05, 3.63) is 29.3 Å². The fourth-order valence-corrected chi connectivity index (χ4v) is 1.98. The number of nitrogens with zero attached hydrogens (tertiary/aromatic N) is 1. The van der Waals surface area contributed by atoms with E-state index in [-0.39, 0.29) is 0 Å². The summed E-state index contributed by atoms with van der Waals surface area (Å²) in [5.74, 6) is 0. The zero-order chi connectivity index (χ0) is 9.84. The van der Waals surface area contributed by atoms with E-state index in [1.165, 1.54) is 11.8 Å². The first-order valence-electron chi connectivity index (χ1n) is 3.74. The molecule has 0 saturated heterocycles. The quantitative estimate of drug-likeness (QED) is 0.540. The molecule has 0 N–H and O–H groups in total. The molecule has 70 valence electrons. The Morgan fingerprint density at radius 3 is 2.69 bits per heavy atom. The van der Waals surface area contributed by atoms with Crippen LogP contribution >= 0.6 is 35.6 Å². The monoisotopic (exact) mass is 231 g/mol. The second-order valence-electron chi connectivity index (χ2n) is 2.72. The van der Waals surface area contributed by atoms with Gasteiger partial charge in [0.05, 0.1) is 0 Å². The SMILES string of the molecule is CN(C)C(=S)Sc1cccc(Cl)c1. The third-order valence-corrected chi connectivity index (χ3v) is 3.25. The van der Waals surface area contributed by atoms with E-state index in [0.717, 1.165) is 14.2 Å². The molecule has 0 amide bonds. The molecule has 0 aliphatic carbocycles. The highest BCUT2D eigenvalue weighted by atomic mass is 35.5. The van der Waals surface area contributed by atoms with E-state index in [1.807, 2.05) is 43.3 Å². The van der Waals surface area contributed by atoms with E-state index in [0.29, 0.717) is 0 Å². The number of halogens is 1. The van der Waals surface area contributed by atoms with Crippen molar-refractivity contribution in [2.24, 2.45) is 0 Å². The van der Waals surface area contributed by atoms with Crippen molar-refractivity contribution in [3.63, 3.8) is 0 Å². The highest BCUT2D eigenvalue weighted by Gasteiger charge is 2.01. The van der Waals surface area contributed by atoms with Gasteiger partial charge in [0.25, 0.3) is 0 Å². The molecule has 0 saturated carbocycles. The van der Waals surface area contributed by atoms with Crippen LogP contribution in [-0.4, -0.2) is 23.3 Å². The van der Waals surface area contributed by atoms with E-state index in [1.54, 1.807) is 0 Å². The minimum Gasteiger partial charge on any atom is -0.363 e. The lowest BCUT2D eigenvalue weighted by atomic mass is 10.4. The molecule has 0 radical (unpaired) electrons. The first kappa shape index (κ1) is 10.8. The van der Waals surface area contributed by atoms with Gasteiger partial charge in [0, 0.05) is 24.0 Å². The molecule has 0 fully saturated rings. The topological polar surface area (TPSA) is 3.24 Å². The lowest BCUT2D eigenvalue weighted by molar-refractivity contribution is 0.648. The van der Waals surface area contributed by atoms with Crippen LogP contribution in [0.3, 0.4) is 0 Å². The van der Waals surface area contributed by atoms with Crippen molar-refractivity contribution in [1.29, 1.82) is 0 Å². The summed E-state index contributed by atoms with van der Waals surface area (Å²) in [6, 6.07) is 7.67. The Kier molecular flexibility index (Phi) is 4.03. The first-order valence-corrected chi connectivity index (χ1v) is 5.34. The second-order valence-corrected chi connectivity index (χ2v) is 4.86. The van der Waals surface area contributed by atoms with Crippen molar-refractivity contribution in [1.82, 2.24) is 4.90 Å². The van der Waals surface area contributed by atoms with Crippen molar-refractivity contribution < 1.29 is 0 Å². The summed E-state index contributed by atoms with van der Waals surface area (Å²) in [5.41, 5.74) is 0. The molecule has 0 aromatic heterocycles. The summed E-state index contributed by atoms with van der Waals surface area (Å²) in [5, 5.41) is 0.742. The predicted octanol–water partition coefficient (Wildman–Crippen LogP) is 3.28. The smallest absolute Gasteiger partial charge is 0.140 e. The van der Waals surface area contributed by atoms with E-state index in [9.17, 15) is 0 Å². The normalized spacial score (nSPS) is 9.77. The average molecular weight is 232 g/mol. The van der Waals surface area contributed by atoms with Crippen LogP contribution in [0.2, 0.25) is 5.02 Å². The van der Waals surface area contributed by atoms with Crippen LogP contribution in [-0.2, 0) is 0 Å². The van der Waals surface area contributed by atoms with Crippen molar-refractivity contribution in [2.45, 2.75) is 4.90 Å². The Bertz CT molecular complexity index is 312. The van der Waals surface area contributed by atoms with Gasteiger partial charge in [0.2, 0.25) is 0 Å². The maximum Gasteiger partial charge on any atom is 0.140 e. The molecule has 0 bridgehead atoms. The molecule has 1 rings (SSSR count). The number of thioether (sulfide) groups is 1. The van der Waals surface area contributed by atoms with Gasteiger partial charge in [-0.05, 0) is 18.2 Å². The lowest BCUT2D eigenvalue weighted by Crippen LogP contribution is -2.15. The maximum atomic E-state index is 5.84. The molecule has 0 atom stereocenters. The van der Waals surface area contributed by atoms with Gasteiger partial charge in [-0.2, -0.15) is 0 Å². The van der Waals surface area contributed by atoms with Crippen molar-refractivity contribution >= 4 is 39.9 Å². The average Bonchev–Trinajstić information content (AvgIpc) is 2.04. The predicted molar refractivity (Wildman–Crippen MR) is 63.6 cm³/mol. The molecule has 0 spiro atoms. The van der Waals surface area contributed by atoms with Gasteiger partial charge in [0.15, 0.2) is 0 Å². The summed E-state index contributed by atoms with van der Waals surface area (Å²) in [4.78, 5) is 2.98. The summed E-state index contributed by atoms with van der Waals surface area (Å²) in [7, 11) is 3.86. The summed E-state index contributed by atoms with van der Waals surface area (Å²) in [6.07, 6.45) is 0. The highest BCUT2D eigenvalue weighted by molar-refractivity contribution is 8.22. The fraction of sp³-hybridized carbons (Fsp3) is 0.222. The third kappa shape index (κ3) is 3.55. The third-order valence-electron chi connectivity index (χ3n) is 1.37. The molecule has 1 aromatic carbocycles. The van der Waals surface area contributed by atoms with Crippen LogP contribution in [0.5, 0.6) is 0 Å². The largest absolute Gasteiger partial charge is 0.363 e. The number of thiocarbonyl (C=S) groups is 1. The fourth-order valence-electron chi connectivity index (χ4n) is 0.723. The van der Waals surface area contributed by atoms with Gasteiger partial charge in [-0.25, -0.2) is 0 Å². The van der Waals surface area contributed by atoms with Gasteiger partial charge in [0.1, 0.15) is 4.32 Å². The van der Waals surface area contributed by atoms with Crippen molar-refractivity contribution in [3.8, 4) is 0 Å². The minimum atomic E-state index is 0.742.